The van der Waals surface area contributed by atoms with Crippen LogP contribution in [0.4, 0.5) is 6.01 Å². The Labute approximate surface area is 93.2 Å². The lowest BCUT2D eigenvalue weighted by Gasteiger charge is -2.16. The van der Waals surface area contributed by atoms with Crippen LogP contribution in [0.2, 0.25) is 0 Å². The molecule has 1 aromatic heterocycles. The highest BCUT2D eigenvalue weighted by Crippen LogP contribution is 2.30. The fourth-order valence-corrected chi connectivity index (χ4v) is 1.46. The molecule has 6 nitrogen and oxygen atoms in total. The van der Waals surface area contributed by atoms with Gasteiger partial charge in [0.15, 0.2) is 5.82 Å². The van der Waals surface area contributed by atoms with Crippen LogP contribution in [0.1, 0.15) is 38.4 Å². The molecule has 1 fully saturated rings. The zero-order valence-electron chi connectivity index (χ0n) is 9.38. The Morgan fingerprint density at radius 1 is 1.62 bits per heavy atom. The van der Waals surface area contributed by atoms with Gasteiger partial charge >= 0.3 is 12.0 Å². The Morgan fingerprint density at radius 3 is 2.75 bits per heavy atom. The Hall–Kier alpha value is -1.59. The predicted octanol–water partition coefficient (Wildman–Crippen LogP) is 1.25. The molecule has 2 rings (SSSR count). The second-order valence-corrected chi connectivity index (χ2v) is 4.34. The molecule has 1 aromatic rings. The number of hydrogen-bond acceptors (Lipinski definition) is 5. The first kappa shape index (κ1) is 10.9. The van der Waals surface area contributed by atoms with Gasteiger partial charge in [0.1, 0.15) is 6.54 Å². The smallest absolute Gasteiger partial charge is 0.324 e. The average molecular weight is 225 g/mol. The van der Waals surface area contributed by atoms with E-state index in [0.29, 0.717) is 11.8 Å². The van der Waals surface area contributed by atoms with Gasteiger partial charge in [-0.05, 0) is 12.8 Å². The predicted molar refractivity (Wildman–Crippen MR) is 56.4 cm³/mol. The Balaban J connectivity index is 2.14. The van der Waals surface area contributed by atoms with Gasteiger partial charge in [-0.2, -0.15) is 4.98 Å². The molecule has 1 heterocycles. The molecule has 1 N–H and O–H groups in total. The van der Waals surface area contributed by atoms with Gasteiger partial charge in [-0.25, -0.2) is 0 Å². The van der Waals surface area contributed by atoms with Gasteiger partial charge in [-0.3, -0.25) is 4.79 Å². The zero-order valence-corrected chi connectivity index (χ0v) is 9.38. The number of hydrogen-bond donors (Lipinski definition) is 1. The standard InChI is InChI=1S/C10H15N3O3/c1-6(2)9-11-10(16-12-9)13(5-8(14)15)7-3-4-7/h6-7H,3-5H2,1-2H3,(H,14,15). The highest BCUT2D eigenvalue weighted by Gasteiger charge is 2.34. The van der Waals surface area contributed by atoms with Crippen molar-refractivity contribution in [2.24, 2.45) is 0 Å². The molecule has 88 valence electrons. The Kier molecular flexibility index (Phi) is 2.80. The van der Waals surface area contributed by atoms with Gasteiger partial charge in [-0.15, -0.1) is 0 Å². The van der Waals surface area contributed by atoms with Crippen LogP contribution in [0.5, 0.6) is 0 Å². The molecule has 0 unspecified atom stereocenters. The summed E-state index contributed by atoms with van der Waals surface area (Å²) in [6, 6.07) is 0.574. The van der Waals surface area contributed by atoms with Crippen molar-refractivity contribution in [3.63, 3.8) is 0 Å². The van der Waals surface area contributed by atoms with E-state index < -0.39 is 5.97 Å². The van der Waals surface area contributed by atoms with Crippen molar-refractivity contribution in [2.75, 3.05) is 11.4 Å². The monoisotopic (exact) mass is 225 g/mol. The van der Waals surface area contributed by atoms with E-state index in [4.69, 9.17) is 9.63 Å². The third-order valence-electron chi connectivity index (χ3n) is 2.49. The summed E-state index contributed by atoms with van der Waals surface area (Å²) in [5.74, 6) is -0.0781. The minimum absolute atomic E-state index is 0.0790. The number of rotatable bonds is 5. The summed E-state index contributed by atoms with van der Waals surface area (Å²) < 4.78 is 5.09. The number of carboxylic acid groups (broad SMARTS) is 1. The highest BCUT2D eigenvalue weighted by molar-refractivity contribution is 5.72. The first-order valence-corrected chi connectivity index (χ1v) is 5.40. The number of carbonyl (C=O) groups is 1. The van der Waals surface area contributed by atoms with Crippen molar-refractivity contribution >= 4 is 12.0 Å². The molecule has 0 radical (unpaired) electrons. The van der Waals surface area contributed by atoms with Gasteiger partial charge in [0, 0.05) is 12.0 Å². The number of aromatic nitrogens is 2. The third-order valence-corrected chi connectivity index (χ3v) is 2.49. The maximum Gasteiger partial charge on any atom is 0.324 e. The molecule has 0 atom stereocenters. The first-order chi connectivity index (χ1) is 7.58. The highest BCUT2D eigenvalue weighted by atomic mass is 16.5. The molecule has 0 saturated heterocycles. The largest absolute Gasteiger partial charge is 0.480 e. The summed E-state index contributed by atoms with van der Waals surface area (Å²) in [6.45, 7) is 3.85. The second-order valence-electron chi connectivity index (χ2n) is 4.34. The summed E-state index contributed by atoms with van der Waals surface area (Å²) in [4.78, 5) is 16.6. The number of nitrogens with zero attached hydrogens (tertiary/aromatic N) is 3. The van der Waals surface area contributed by atoms with E-state index in [-0.39, 0.29) is 18.5 Å². The fraction of sp³-hybridized carbons (Fsp3) is 0.700. The van der Waals surface area contributed by atoms with Gasteiger partial charge < -0.3 is 14.5 Å². The quantitative estimate of drug-likeness (QED) is 0.812. The van der Waals surface area contributed by atoms with Crippen LogP contribution in [0.3, 0.4) is 0 Å². The third kappa shape index (κ3) is 2.32. The maximum absolute atomic E-state index is 10.7. The van der Waals surface area contributed by atoms with E-state index in [1.165, 1.54) is 0 Å². The molecule has 1 saturated carbocycles. The molecular formula is C10H15N3O3. The van der Waals surface area contributed by atoms with Crippen LogP contribution in [0.25, 0.3) is 0 Å². The molecule has 16 heavy (non-hydrogen) atoms. The molecular weight excluding hydrogens is 210 g/mol. The summed E-state index contributed by atoms with van der Waals surface area (Å²) in [7, 11) is 0. The Bertz CT molecular complexity index is 384. The van der Waals surface area contributed by atoms with Gasteiger partial charge in [0.2, 0.25) is 0 Å². The van der Waals surface area contributed by atoms with Crippen LogP contribution >= 0.6 is 0 Å². The minimum atomic E-state index is -0.879. The lowest BCUT2D eigenvalue weighted by atomic mass is 10.2. The molecule has 0 bridgehead atoms. The van der Waals surface area contributed by atoms with Crippen LogP contribution in [0.15, 0.2) is 4.52 Å². The number of anilines is 1. The van der Waals surface area contributed by atoms with Crippen LogP contribution < -0.4 is 4.90 Å². The van der Waals surface area contributed by atoms with Crippen molar-refractivity contribution in [1.82, 2.24) is 10.1 Å². The normalized spacial score (nSPS) is 15.4. The van der Waals surface area contributed by atoms with Crippen molar-refractivity contribution in [2.45, 2.75) is 38.6 Å². The van der Waals surface area contributed by atoms with Crippen LogP contribution in [-0.4, -0.2) is 33.8 Å². The van der Waals surface area contributed by atoms with Crippen molar-refractivity contribution < 1.29 is 14.4 Å². The number of carboxylic acids is 1. The van der Waals surface area contributed by atoms with E-state index in [1.54, 1.807) is 4.90 Å². The maximum atomic E-state index is 10.7. The van der Waals surface area contributed by atoms with Crippen molar-refractivity contribution in [3.05, 3.63) is 5.82 Å². The molecule has 0 amide bonds. The topological polar surface area (TPSA) is 79.5 Å². The van der Waals surface area contributed by atoms with E-state index >= 15 is 0 Å². The fourth-order valence-electron chi connectivity index (χ4n) is 1.46. The molecule has 6 heteroatoms. The molecule has 0 aromatic carbocycles. The lowest BCUT2D eigenvalue weighted by molar-refractivity contribution is -0.135. The van der Waals surface area contributed by atoms with Crippen LogP contribution in [0, 0.1) is 0 Å². The zero-order chi connectivity index (χ0) is 11.7. The number of aliphatic carboxylic acids is 1. The van der Waals surface area contributed by atoms with Gasteiger partial charge in [0.25, 0.3) is 0 Å². The van der Waals surface area contributed by atoms with E-state index in [2.05, 4.69) is 10.1 Å². The van der Waals surface area contributed by atoms with Crippen molar-refractivity contribution in [3.8, 4) is 0 Å². The van der Waals surface area contributed by atoms with E-state index in [0.717, 1.165) is 12.8 Å². The summed E-state index contributed by atoms with van der Waals surface area (Å²) in [5, 5.41) is 12.6. The SMILES string of the molecule is CC(C)c1noc(N(CC(=O)O)C2CC2)n1. The molecule has 0 aliphatic heterocycles. The lowest BCUT2D eigenvalue weighted by Crippen LogP contribution is -2.31. The van der Waals surface area contributed by atoms with Gasteiger partial charge in [-0.1, -0.05) is 19.0 Å². The molecule has 1 aliphatic rings. The average Bonchev–Trinajstić information content (AvgIpc) is 2.91. The van der Waals surface area contributed by atoms with Crippen LogP contribution in [-0.2, 0) is 4.79 Å². The van der Waals surface area contributed by atoms with Gasteiger partial charge in [0.05, 0.1) is 0 Å². The van der Waals surface area contributed by atoms with E-state index in [9.17, 15) is 4.79 Å². The molecule has 1 aliphatic carbocycles. The summed E-state index contributed by atoms with van der Waals surface area (Å²) >= 11 is 0. The first-order valence-electron chi connectivity index (χ1n) is 5.40. The minimum Gasteiger partial charge on any atom is -0.480 e. The molecule has 0 spiro atoms. The summed E-state index contributed by atoms with van der Waals surface area (Å²) in [6.07, 6.45) is 1.99. The van der Waals surface area contributed by atoms with Crippen molar-refractivity contribution in [1.29, 1.82) is 0 Å². The Morgan fingerprint density at radius 2 is 2.31 bits per heavy atom. The summed E-state index contributed by atoms with van der Waals surface area (Å²) in [5.41, 5.74) is 0. The second kappa shape index (κ2) is 4.11. The van der Waals surface area contributed by atoms with E-state index in [1.807, 2.05) is 13.8 Å².